The minimum Gasteiger partial charge on any atom is -0.317 e. The summed E-state index contributed by atoms with van der Waals surface area (Å²) in [7, 11) is 0. The molecular weight excluding hydrogens is 436 g/mol. The Hall–Kier alpha value is -3.78. The van der Waals surface area contributed by atoms with Crippen molar-refractivity contribution in [3.8, 4) is 0 Å². The van der Waals surface area contributed by atoms with Crippen molar-refractivity contribution in [1.82, 2.24) is 0 Å². The molecule has 0 radical (unpaired) electrons. The molecule has 1 aliphatic rings. The summed E-state index contributed by atoms with van der Waals surface area (Å²) >= 11 is 0. The normalized spacial score (nSPS) is 14.2. The lowest BCUT2D eigenvalue weighted by molar-refractivity contribution is 0.752. The molecule has 1 heterocycles. The topological polar surface area (TPSA) is 6.48 Å². The molecule has 2 heteroatoms. The van der Waals surface area contributed by atoms with E-state index in [0.717, 1.165) is 0 Å². The van der Waals surface area contributed by atoms with E-state index in [4.69, 9.17) is 0 Å². The summed E-state index contributed by atoms with van der Waals surface area (Å²) in [4.78, 5) is 5.14. The van der Waals surface area contributed by atoms with Gasteiger partial charge in [0.15, 0.2) is 0 Å². The molecule has 0 aromatic heterocycles. The van der Waals surface area contributed by atoms with Gasteiger partial charge in [0.25, 0.3) is 0 Å². The van der Waals surface area contributed by atoms with Gasteiger partial charge in [-0.3, -0.25) is 0 Å². The van der Waals surface area contributed by atoms with Crippen LogP contribution in [0.4, 0.5) is 11.4 Å². The number of aryl methyl sites for hydroxylation is 6. The largest absolute Gasteiger partial charge is 0.317 e. The van der Waals surface area contributed by atoms with Crippen molar-refractivity contribution in [3.05, 3.63) is 129 Å². The average Bonchev–Trinajstić information content (AvgIpc) is 3.11. The van der Waals surface area contributed by atoms with E-state index in [2.05, 4.69) is 143 Å². The van der Waals surface area contributed by atoms with E-state index in [1.54, 1.807) is 0 Å². The monoisotopic (exact) mass is 472 g/mol. The van der Waals surface area contributed by atoms with Gasteiger partial charge < -0.3 is 9.80 Å². The quantitative estimate of drug-likeness (QED) is 0.293. The molecule has 0 aliphatic carbocycles. The fourth-order valence-corrected chi connectivity index (χ4v) is 6.16. The van der Waals surface area contributed by atoms with Crippen molar-refractivity contribution in [3.63, 3.8) is 0 Å². The van der Waals surface area contributed by atoms with Gasteiger partial charge in [0.05, 0.1) is 11.4 Å². The first-order valence-electron chi connectivity index (χ1n) is 12.9. The number of benzene rings is 4. The first-order valence-corrected chi connectivity index (χ1v) is 12.9. The van der Waals surface area contributed by atoms with Crippen molar-refractivity contribution in [2.45, 2.75) is 54.6 Å². The van der Waals surface area contributed by atoms with E-state index < -0.39 is 0 Å². The third kappa shape index (κ3) is 4.01. The molecule has 5 rings (SSSR count). The lowest BCUT2D eigenvalue weighted by atomic mass is 10.00. The maximum atomic E-state index is 2.57. The van der Waals surface area contributed by atoms with Gasteiger partial charge in [-0.2, -0.15) is 0 Å². The van der Waals surface area contributed by atoms with Crippen LogP contribution >= 0.6 is 0 Å². The zero-order chi connectivity index (χ0) is 25.6. The molecule has 2 nitrogen and oxygen atoms in total. The molecule has 182 valence electrons. The van der Waals surface area contributed by atoms with Crippen LogP contribution in [-0.2, 0) is 0 Å². The maximum Gasteiger partial charge on any atom is 0.108 e. The summed E-state index contributed by atoms with van der Waals surface area (Å²) < 4.78 is 0. The number of hydrogen-bond acceptors (Lipinski definition) is 2. The molecule has 0 unspecified atom stereocenters. The Labute approximate surface area is 216 Å². The molecule has 4 aromatic rings. The van der Waals surface area contributed by atoms with Crippen LogP contribution in [0, 0.1) is 41.5 Å². The number of nitrogens with zero attached hydrogens (tertiary/aromatic N) is 2. The minimum atomic E-state index is 0.0932. The molecule has 0 saturated heterocycles. The van der Waals surface area contributed by atoms with E-state index >= 15 is 0 Å². The molecule has 1 aliphatic heterocycles. The van der Waals surface area contributed by atoms with Gasteiger partial charge >= 0.3 is 0 Å². The van der Waals surface area contributed by atoms with Gasteiger partial charge in [-0.05, 0) is 70.7 Å². The van der Waals surface area contributed by atoms with Crippen molar-refractivity contribution in [2.24, 2.45) is 0 Å². The first kappa shape index (κ1) is 23.9. The lowest BCUT2D eigenvalue weighted by Crippen LogP contribution is -2.39. The van der Waals surface area contributed by atoms with Gasteiger partial charge in [-0.15, -0.1) is 0 Å². The Morgan fingerprint density at radius 3 is 1.08 bits per heavy atom. The van der Waals surface area contributed by atoms with E-state index in [1.807, 2.05) is 0 Å². The third-order valence-corrected chi connectivity index (χ3v) is 7.30. The van der Waals surface area contributed by atoms with Crippen LogP contribution in [0.5, 0.6) is 0 Å². The maximum absolute atomic E-state index is 2.57. The average molecular weight is 473 g/mol. The van der Waals surface area contributed by atoms with E-state index in [9.17, 15) is 0 Å². The second-order valence-electron chi connectivity index (χ2n) is 10.3. The Bertz CT molecular complexity index is 1290. The molecule has 0 N–H and O–H groups in total. The summed E-state index contributed by atoms with van der Waals surface area (Å²) in [6.07, 6.45) is 0.0932. The van der Waals surface area contributed by atoms with Gasteiger partial charge in [0.2, 0.25) is 0 Å². The Morgan fingerprint density at radius 1 is 0.472 bits per heavy atom. The van der Waals surface area contributed by atoms with Gasteiger partial charge in [0, 0.05) is 22.5 Å². The smallest absolute Gasteiger partial charge is 0.108 e. The SMILES string of the molecule is Cc1cc(C)c(N2C(c3ccccc3)=C(c3ccccc3)N(c3c(C)cc(C)cc3C)C2C)c(C)c1. The molecule has 0 bridgehead atoms. The molecule has 0 spiro atoms. The summed E-state index contributed by atoms with van der Waals surface area (Å²) in [5.41, 5.74) is 15.4. The van der Waals surface area contributed by atoms with Crippen LogP contribution in [-0.4, -0.2) is 6.17 Å². The Morgan fingerprint density at radius 2 is 0.778 bits per heavy atom. The van der Waals surface area contributed by atoms with Crippen molar-refractivity contribution < 1.29 is 0 Å². The predicted octanol–water partition coefficient (Wildman–Crippen LogP) is 8.74. The van der Waals surface area contributed by atoms with Gasteiger partial charge in [-0.25, -0.2) is 0 Å². The first-order chi connectivity index (χ1) is 17.3. The van der Waals surface area contributed by atoms with Crippen LogP contribution in [0.25, 0.3) is 11.4 Å². The van der Waals surface area contributed by atoms with Gasteiger partial charge in [0.1, 0.15) is 6.17 Å². The highest BCUT2D eigenvalue weighted by molar-refractivity contribution is 6.07. The number of hydrogen-bond donors (Lipinski definition) is 0. The van der Waals surface area contributed by atoms with Crippen LogP contribution in [0.2, 0.25) is 0 Å². The van der Waals surface area contributed by atoms with E-state index in [0.29, 0.717) is 0 Å². The van der Waals surface area contributed by atoms with Crippen molar-refractivity contribution in [2.75, 3.05) is 9.80 Å². The molecule has 0 amide bonds. The van der Waals surface area contributed by atoms with Gasteiger partial charge in [-0.1, -0.05) is 96.1 Å². The highest BCUT2D eigenvalue weighted by atomic mass is 15.4. The number of anilines is 2. The molecule has 4 aromatic carbocycles. The fraction of sp³-hybridized carbons (Fsp3) is 0.235. The van der Waals surface area contributed by atoms with E-state index in [1.165, 1.54) is 67.3 Å². The summed E-state index contributed by atoms with van der Waals surface area (Å²) in [6.45, 7) is 15.7. The summed E-state index contributed by atoms with van der Waals surface area (Å²) in [5, 5.41) is 0. The van der Waals surface area contributed by atoms with Crippen LogP contribution in [0.15, 0.2) is 84.9 Å². The second kappa shape index (κ2) is 9.35. The zero-order valence-electron chi connectivity index (χ0n) is 22.6. The van der Waals surface area contributed by atoms with Crippen LogP contribution in [0.3, 0.4) is 0 Å². The molecule has 0 fully saturated rings. The van der Waals surface area contributed by atoms with Crippen molar-refractivity contribution >= 4 is 22.8 Å². The highest BCUT2D eigenvalue weighted by Crippen LogP contribution is 2.49. The predicted molar refractivity (Wildman–Crippen MR) is 155 cm³/mol. The van der Waals surface area contributed by atoms with Crippen LogP contribution < -0.4 is 9.80 Å². The lowest BCUT2D eigenvalue weighted by Gasteiger charge is -2.36. The fourth-order valence-electron chi connectivity index (χ4n) is 6.16. The number of rotatable bonds is 4. The van der Waals surface area contributed by atoms with Crippen molar-refractivity contribution in [1.29, 1.82) is 0 Å². The molecule has 0 saturated carbocycles. The standard InChI is InChI=1S/C34H36N2/c1-22-18-24(3)31(25(4)19-22)35-28(7)36(32-26(5)20-23(2)21-27(32)6)34(30-16-12-9-13-17-30)33(35)29-14-10-8-11-15-29/h8-21,28H,1-7H3. The Kier molecular flexibility index (Phi) is 6.22. The second-order valence-corrected chi connectivity index (χ2v) is 10.3. The molecule has 36 heavy (non-hydrogen) atoms. The van der Waals surface area contributed by atoms with E-state index in [-0.39, 0.29) is 6.17 Å². The zero-order valence-corrected chi connectivity index (χ0v) is 22.6. The molecular formula is C34H36N2. The van der Waals surface area contributed by atoms with Crippen LogP contribution in [0.1, 0.15) is 51.4 Å². The third-order valence-electron chi connectivity index (χ3n) is 7.30. The molecule has 0 atom stereocenters. The highest BCUT2D eigenvalue weighted by Gasteiger charge is 2.40. The minimum absolute atomic E-state index is 0.0932. The summed E-state index contributed by atoms with van der Waals surface area (Å²) in [5.74, 6) is 0. The Balaban J connectivity index is 1.90. The summed E-state index contributed by atoms with van der Waals surface area (Å²) in [6, 6.07) is 31.0.